The van der Waals surface area contributed by atoms with Crippen LogP contribution in [0.5, 0.6) is 0 Å². The van der Waals surface area contributed by atoms with Gasteiger partial charge in [-0.1, -0.05) is 24.3 Å². The number of benzene rings is 1. The van der Waals surface area contributed by atoms with Crippen molar-refractivity contribution in [2.24, 2.45) is 5.73 Å². The molecule has 0 aliphatic rings. The van der Waals surface area contributed by atoms with Crippen LogP contribution in [0, 0.1) is 11.9 Å². The van der Waals surface area contributed by atoms with Gasteiger partial charge in [0.2, 0.25) is 11.9 Å². The molecule has 0 bridgehead atoms. The van der Waals surface area contributed by atoms with Crippen LogP contribution in [0.2, 0.25) is 0 Å². The third-order valence-corrected chi connectivity index (χ3v) is 3.01. The summed E-state index contributed by atoms with van der Waals surface area (Å²) in [6, 6.07) is 8.46. The van der Waals surface area contributed by atoms with Crippen molar-refractivity contribution < 1.29 is 18.3 Å². The number of carbonyl (C=O) groups excluding carboxylic acids is 1. The van der Waals surface area contributed by atoms with Gasteiger partial charge in [-0.05, 0) is 23.1 Å². The lowest BCUT2D eigenvalue weighted by atomic mass is 10.0. The molecule has 1 unspecified atom stereocenters. The molecule has 0 amide bonds. The average molecular weight is 292 g/mol. The Labute approximate surface area is 120 Å². The van der Waals surface area contributed by atoms with E-state index >= 15 is 0 Å². The van der Waals surface area contributed by atoms with Gasteiger partial charge >= 0.3 is 5.97 Å². The topological polar surface area (TPSA) is 65.2 Å². The van der Waals surface area contributed by atoms with Crippen LogP contribution in [-0.4, -0.2) is 24.1 Å². The van der Waals surface area contributed by atoms with E-state index in [4.69, 9.17) is 5.73 Å². The summed E-state index contributed by atoms with van der Waals surface area (Å²) in [6.45, 7) is 0. The molecule has 2 N–H and O–H groups in total. The number of methoxy groups -OCH3 is 1. The Balaban J connectivity index is 2.17. The Bertz CT molecular complexity index is 624. The molecule has 4 nitrogen and oxygen atoms in total. The Morgan fingerprint density at radius 1 is 1.19 bits per heavy atom. The van der Waals surface area contributed by atoms with E-state index < -0.39 is 23.9 Å². The molecule has 0 aliphatic heterocycles. The van der Waals surface area contributed by atoms with Gasteiger partial charge in [0.1, 0.15) is 6.04 Å². The first-order valence-corrected chi connectivity index (χ1v) is 6.25. The van der Waals surface area contributed by atoms with Crippen molar-refractivity contribution in [3.05, 3.63) is 53.9 Å². The normalized spacial score (nSPS) is 12.0. The molecule has 1 atom stereocenters. The highest BCUT2D eigenvalue weighted by atomic mass is 19.1. The van der Waals surface area contributed by atoms with Crippen molar-refractivity contribution in [1.82, 2.24) is 4.98 Å². The summed E-state index contributed by atoms with van der Waals surface area (Å²) in [7, 11) is 1.28. The van der Waals surface area contributed by atoms with E-state index in [-0.39, 0.29) is 0 Å². The third kappa shape index (κ3) is 3.82. The van der Waals surface area contributed by atoms with Gasteiger partial charge in [0, 0.05) is 12.1 Å². The minimum atomic E-state index is -0.873. The van der Waals surface area contributed by atoms with Crippen molar-refractivity contribution in [3.8, 4) is 11.1 Å². The largest absolute Gasteiger partial charge is 0.468 e. The molecule has 1 aromatic heterocycles. The van der Waals surface area contributed by atoms with Crippen molar-refractivity contribution in [1.29, 1.82) is 0 Å². The maximum atomic E-state index is 13.1. The molecule has 2 aromatic rings. The van der Waals surface area contributed by atoms with Crippen molar-refractivity contribution in [3.63, 3.8) is 0 Å². The number of carbonyl (C=O) groups is 1. The second kappa shape index (κ2) is 6.41. The van der Waals surface area contributed by atoms with Crippen LogP contribution in [0.15, 0.2) is 36.4 Å². The Kier molecular flexibility index (Phi) is 4.59. The Hall–Kier alpha value is -2.34. The number of rotatable bonds is 4. The van der Waals surface area contributed by atoms with Gasteiger partial charge < -0.3 is 10.5 Å². The van der Waals surface area contributed by atoms with Gasteiger partial charge in [0.15, 0.2) is 0 Å². The van der Waals surface area contributed by atoms with Gasteiger partial charge in [0.05, 0.1) is 7.11 Å². The molecule has 0 fully saturated rings. The van der Waals surface area contributed by atoms with Gasteiger partial charge in [-0.2, -0.15) is 13.8 Å². The van der Waals surface area contributed by atoms with Crippen LogP contribution in [-0.2, 0) is 16.0 Å². The lowest BCUT2D eigenvalue weighted by molar-refractivity contribution is -0.142. The van der Waals surface area contributed by atoms with Crippen molar-refractivity contribution in [2.75, 3.05) is 7.11 Å². The standard InChI is InChI=1S/C15H14F2N2O2/c1-21-15(20)12(18)6-9-2-4-10(5-3-9)11-7-13(16)19-14(17)8-11/h2-5,7-8,12H,6,18H2,1H3. The summed E-state index contributed by atoms with van der Waals surface area (Å²) in [6.07, 6.45) is 0.325. The third-order valence-electron chi connectivity index (χ3n) is 3.01. The quantitative estimate of drug-likeness (QED) is 0.692. The zero-order valence-corrected chi connectivity index (χ0v) is 11.3. The molecular formula is C15H14F2N2O2. The molecule has 0 aliphatic carbocycles. The molecule has 6 heteroatoms. The Morgan fingerprint density at radius 2 is 1.76 bits per heavy atom. The first kappa shape index (κ1) is 15.1. The number of halogens is 2. The van der Waals surface area contributed by atoms with E-state index in [1.165, 1.54) is 7.11 Å². The van der Waals surface area contributed by atoms with Crippen LogP contribution >= 0.6 is 0 Å². The average Bonchev–Trinajstić information content (AvgIpc) is 2.46. The highest BCUT2D eigenvalue weighted by Gasteiger charge is 2.14. The molecule has 2 rings (SSSR count). The van der Waals surface area contributed by atoms with E-state index in [0.29, 0.717) is 17.5 Å². The van der Waals surface area contributed by atoms with Crippen molar-refractivity contribution in [2.45, 2.75) is 12.5 Å². The summed E-state index contributed by atoms with van der Waals surface area (Å²) in [5.41, 5.74) is 7.53. The molecule has 1 aromatic carbocycles. The van der Waals surface area contributed by atoms with Gasteiger partial charge in [-0.15, -0.1) is 0 Å². The van der Waals surface area contributed by atoms with E-state index in [9.17, 15) is 13.6 Å². The SMILES string of the molecule is COC(=O)C(N)Cc1ccc(-c2cc(F)nc(F)c2)cc1. The van der Waals surface area contributed by atoms with Gasteiger partial charge in [-0.3, -0.25) is 4.79 Å². The van der Waals surface area contributed by atoms with Crippen LogP contribution in [0.3, 0.4) is 0 Å². The highest BCUT2D eigenvalue weighted by Crippen LogP contribution is 2.21. The predicted molar refractivity (Wildman–Crippen MR) is 73.3 cm³/mol. The number of esters is 1. The summed E-state index contributed by atoms with van der Waals surface area (Å²) in [5, 5.41) is 0. The summed E-state index contributed by atoms with van der Waals surface area (Å²) >= 11 is 0. The Morgan fingerprint density at radius 3 is 2.29 bits per heavy atom. The zero-order valence-electron chi connectivity index (χ0n) is 11.3. The van der Waals surface area contributed by atoms with Crippen LogP contribution in [0.4, 0.5) is 8.78 Å². The van der Waals surface area contributed by atoms with E-state index in [0.717, 1.165) is 17.7 Å². The maximum Gasteiger partial charge on any atom is 0.322 e. The zero-order chi connectivity index (χ0) is 15.4. The number of hydrogen-bond acceptors (Lipinski definition) is 4. The van der Waals surface area contributed by atoms with E-state index in [1.807, 2.05) is 0 Å². The molecule has 110 valence electrons. The summed E-state index contributed by atoms with van der Waals surface area (Å²) in [5.74, 6) is -2.24. The lowest BCUT2D eigenvalue weighted by Gasteiger charge is -2.10. The van der Waals surface area contributed by atoms with Crippen LogP contribution < -0.4 is 5.73 Å². The monoisotopic (exact) mass is 292 g/mol. The molecule has 0 radical (unpaired) electrons. The molecule has 1 heterocycles. The highest BCUT2D eigenvalue weighted by molar-refractivity contribution is 5.75. The number of ether oxygens (including phenoxy) is 1. The number of aromatic nitrogens is 1. The number of nitrogens with two attached hydrogens (primary N) is 1. The van der Waals surface area contributed by atoms with Crippen molar-refractivity contribution >= 4 is 5.97 Å². The predicted octanol–water partition coefficient (Wildman–Crippen LogP) is 2.07. The fourth-order valence-corrected chi connectivity index (χ4v) is 1.95. The molecular weight excluding hydrogens is 278 g/mol. The fraction of sp³-hybridized carbons (Fsp3) is 0.200. The number of pyridine rings is 1. The van der Waals surface area contributed by atoms with Crippen LogP contribution in [0.1, 0.15) is 5.56 Å². The fourth-order valence-electron chi connectivity index (χ4n) is 1.95. The second-order valence-corrected chi connectivity index (χ2v) is 4.53. The summed E-state index contributed by atoms with van der Waals surface area (Å²) in [4.78, 5) is 14.3. The first-order valence-electron chi connectivity index (χ1n) is 6.25. The van der Waals surface area contributed by atoms with E-state index in [2.05, 4.69) is 9.72 Å². The molecule has 21 heavy (non-hydrogen) atoms. The van der Waals surface area contributed by atoms with Gasteiger partial charge in [-0.25, -0.2) is 0 Å². The molecule has 0 saturated heterocycles. The molecule has 0 saturated carbocycles. The maximum absolute atomic E-state index is 13.1. The molecule has 0 spiro atoms. The van der Waals surface area contributed by atoms with Gasteiger partial charge in [0.25, 0.3) is 0 Å². The number of hydrogen-bond donors (Lipinski definition) is 1. The lowest BCUT2D eigenvalue weighted by Crippen LogP contribution is -2.33. The van der Waals surface area contributed by atoms with Crippen LogP contribution in [0.25, 0.3) is 11.1 Å². The smallest absolute Gasteiger partial charge is 0.322 e. The minimum absolute atomic E-state index is 0.325. The second-order valence-electron chi connectivity index (χ2n) is 4.53. The summed E-state index contributed by atoms with van der Waals surface area (Å²) < 4.78 is 30.7. The minimum Gasteiger partial charge on any atom is -0.468 e. The first-order chi connectivity index (χ1) is 9.99. The number of nitrogens with zero attached hydrogens (tertiary/aromatic N) is 1. The van der Waals surface area contributed by atoms with E-state index in [1.54, 1.807) is 24.3 Å².